The third-order valence-electron chi connectivity index (χ3n) is 3.48. The van der Waals surface area contributed by atoms with Crippen LogP contribution < -0.4 is 0 Å². The minimum atomic E-state index is -4.58. The molecule has 1 saturated carbocycles. The van der Waals surface area contributed by atoms with Gasteiger partial charge in [-0.1, -0.05) is 0 Å². The molecule has 0 aromatic carbocycles. The Labute approximate surface area is 143 Å². The molecule has 1 fully saturated rings. The summed E-state index contributed by atoms with van der Waals surface area (Å²) < 4.78 is 41.2. The molecule has 1 aliphatic rings. The van der Waals surface area contributed by atoms with E-state index in [1.54, 1.807) is 16.8 Å². The van der Waals surface area contributed by atoms with Crippen LogP contribution in [0.4, 0.5) is 13.2 Å². The molecule has 11 heteroatoms. The molecule has 0 aliphatic heterocycles. The van der Waals surface area contributed by atoms with Gasteiger partial charge in [-0.05, 0) is 47.2 Å². The Bertz CT molecular complexity index is 893. The van der Waals surface area contributed by atoms with Crippen molar-refractivity contribution < 1.29 is 13.2 Å². The monoisotopic (exact) mass is 365 g/mol. The third kappa shape index (κ3) is 3.45. The zero-order chi connectivity index (χ0) is 17.4. The van der Waals surface area contributed by atoms with E-state index in [0.717, 1.165) is 30.7 Å². The lowest BCUT2D eigenvalue weighted by atomic mass is 10.2. The summed E-state index contributed by atoms with van der Waals surface area (Å²) in [5, 5.41) is 11.9. The molecule has 3 aromatic heterocycles. The third-order valence-corrected chi connectivity index (χ3v) is 4.35. The molecule has 0 unspecified atom stereocenters. The molecule has 0 N–H and O–H groups in total. The lowest BCUT2D eigenvalue weighted by Crippen LogP contribution is -2.10. The van der Waals surface area contributed by atoms with Crippen LogP contribution in [0.5, 0.6) is 0 Å². The van der Waals surface area contributed by atoms with Gasteiger partial charge in [0, 0.05) is 24.0 Å². The predicted octanol–water partition coefficient (Wildman–Crippen LogP) is 3.03. The molecule has 3 aromatic rings. The van der Waals surface area contributed by atoms with Gasteiger partial charge in [0.25, 0.3) is 0 Å². The molecule has 0 spiro atoms. The van der Waals surface area contributed by atoms with Crippen molar-refractivity contribution >= 4 is 11.8 Å². The van der Waals surface area contributed by atoms with Gasteiger partial charge in [-0.3, -0.25) is 4.98 Å². The lowest BCUT2D eigenvalue weighted by molar-refractivity contribution is -0.141. The Hall–Kier alpha value is -2.56. The van der Waals surface area contributed by atoms with Crippen LogP contribution in [0.15, 0.2) is 40.8 Å². The summed E-state index contributed by atoms with van der Waals surface area (Å²) >= 11 is 0.988. The van der Waals surface area contributed by atoms with Crippen molar-refractivity contribution in [2.45, 2.75) is 35.2 Å². The standard InChI is InChI=1S/C14H10F3N7S/c15-14(16,17)10-7-11(20-12(19-10)8-3-5-18-6-4-8)25-13-21-22-23-24(13)9-1-2-9/h3-7,9H,1-2H2. The second-order valence-electron chi connectivity index (χ2n) is 5.39. The van der Waals surface area contributed by atoms with Crippen molar-refractivity contribution in [3.63, 3.8) is 0 Å². The largest absolute Gasteiger partial charge is 0.433 e. The Balaban J connectivity index is 1.74. The first-order valence-corrected chi connectivity index (χ1v) is 8.15. The van der Waals surface area contributed by atoms with E-state index in [1.165, 1.54) is 12.4 Å². The average molecular weight is 365 g/mol. The Kier molecular flexibility index (Phi) is 3.86. The SMILES string of the molecule is FC(F)(F)c1cc(Sc2nnnn2C2CC2)nc(-c2ccncc2)n1. The van der Waals surface area contributed by atoms with E-state index in [-0.39, 0.29) is 16.9 Å². The van der Waals surface area contributed by atoms with E-state index in [1.807, 2.05) is 0 Å². The number of rotatable bonds is 4. The fourth-order valence-corrected chi connectivity index (χ4v) is 2.99. The maximum Gasteiger partial charge on any atom is 0.433 e. The van der Waals surface area contributed by atoms with Crippen LogP contribution in [0.2, 0.25) is 0 Å². The first-order valence-electron chi connectivity index (χ1n) is 7.33. The van der Waals surface area contributed by atoms with E-state index in [9.17, 15) is 13.2 Å². The summed E-state index contributed by atoms with van der Waals surface area (Å²) in [5.74, 6) is -0.0230. The van der Waals surface area contributed by atoms with Crippen LogP contribution in [0, 0.1) is 0 Å². The highest BCUT2D eigenvalue weighted by molar-refractivity contribution is 7.99. The van der Waals surface area contributed by atoms with Crippen molar-refractivity contribution in [1.29, 1.82) is 0 Å². The molecule has 4 rings (SSSR count). The highest BCUT2D eigenvalue weighted by Gasteiger charge is 2.34. The van der Waals surface area contributed by atoms with Crippen LogP contribution in [0.3, 0.4) is 0 Å². The van der Waals surface area contributed by atoms with Crippen molar-refractivity contribution in [3.05, 3.63) is 36.3 Å². The second kappa shape index (κ2) is 6.06. The molecule has 25 heavy (non-hydrogen) atoms. The minimum absolute atomic E-state index is 0.0230. The zero-order valence-electron chi connectivity index (χ0n) is 12.6. The second-order valence-corrected chi connectivity index (χ2v) is 6.38. The zero-order valence-corrected chi connectivity index (χ0v) is 13.4. The molecule has 0 radical (unpaired) electrons. The Morgan fingerprint density at radius 2 is 1.88 bits per heavy atom. The first-order chi connectivity index (χ1) is 12.0. The molecule has 3 heterocycles. The number of tetrazole rings is 1. The van der Waals surface area contributed by atoms with E-state index in [2.05, 4.69) is 30.5 Å². The number of aromatic nitrogens is 7. The molecule has 128 valence electrons. The van der Waals surface area contributed by atoms with E-state index >= 15 is 0 Å². The molecular formula is C14H10F3N7S. The number of hydrogen-bond acceptors (Lipinski definition) is 7. The summed E-state index contributed by atoms with van der Waals surface area (Å²) in [6, 6.07) is 4.22. The van der Waals surface area contributed by atoms with Gasteiger partial charge in [-0.15, -0.1) is 5.10 Å². The van der Waals surface area contributed by atoms with Crippen LogP contribution in [-0.4, -0.2) is 35.2 Å². The van der Waals surface area contributed by atoms with Gasteiger partial charge in [0.1, 0.15) is 10.7 Å². The van der Waals surface area contributed by atoms with Crippen LogP contribution >= 0.6 is 11.8 Å². The van der Waals surface area contributed by atoms with Gasteiger partial charge in [0.2, 0.25) is 5.16 Å². The minimum Gasteiger partial charge on any atom is -0.265 e. The molecular weight excluding hydrogens is 355 g/mol. The number of halogens is 3. The molecule has 1 aliphatic carbocycles. The smallest absolute Gasteiger partial charge is 0.265 e. The summed E-state index contributed by atoms with van der Waals surface area (Å²) in [6.45, 7) is 0. The fourth-order valence-electron chi connectivity index (χ4n) is 2.15. The van der Waals surface area contributed by atoms with E-state index in [4.69, 9.17) is 0 Å². The predicted molar refractivity (Wildman–Crippen MR) is 80.5 cm³/mol. The maximum absolute atomic E-state index is 13.2. The van der Waals surface area contributed by atoms with Crippen molar-refractivity contribution in [2.75, 3.05) is 0 Å². The Morgan fingerprint density at radius 3 is 2.56 bits per heavy atom. The number of pyridine rings is 1. The fraction of sp³-hybridized carbons (Fsp3) is 0.286. The lowest BCUT2D eigenvalue weighted by Gasteiger charge is -2.10. The van der Waals surface area contributed by atoms with Crippen molar-refractivity contribution in [2.24, 2.45) is 0 Å². The van der Waals surface area contributed by atoms with Gasteiger partial charge in [-0.2, -0.15) is 13.2 Å². The van der Waals surface area contributed by atoms with Gasteiger partial charge in [0.15, 0.2) is 5.82 Å². The molecule has 0 bridgehead atoms. The van der Waals surface area contributed by atoms with Crippen LogP contribution in [0.1, 0.15) is 24.6 Å². The number of nitrogens with zero attached hydrogens (tertiary/aromatic N) is 7. The highest BCUT2D eigenvalue weighted by atomic mass is 32.2. The maximum atomic E-state index is 13.2. The van der Waals surface area contributed by atoms with Crippen molar-refractivity contribution in [1.82, 2.24) is 35.2 Å². The topological polar surface area (TPSA) is 82.3 Å². The molecule has 0 atom stereocenters. The molecule has 0 amide bonds. The summed E-state index contributed by atoms with van der Waals surface area (Å²) in [5.41, 5.74) is -0.563. The molecule has 0 saturated heterocycles. The Morgan fingerprint density at radius 1 is 1.12 bits per heavy atom. The van der Waals surface area contributed by atoms with Gasteiger partial charge in [0.05, 0.1) is 6.04 Å². The average Bonchev–Trinajstić information content (AvgIpc) is 3.34. The summed E-state index contributed by atoms with van der Waals surface area (Å²) in [7, 11) is 0. The summed E-state index contributed by atoms with van der Waals surface area (Å²) in [6.07, 6.45) is 0.276. The van der Waals surface area contributed by atoms with Gasteiger partial charge < -0.3 is 0 Å². The van der Waals surface area contributed by atoms with Crippen LogP contribution in [-0.2, 0) is 6.18 Å². The normalized spacial score (nSPS) is 14.7. The molecule has 7 nitrogen and oxygen atoms in total. The summed E-state index contributed by atoms with van der Waals surface area (Å²) in [4.78, 5) is 11.7. The number of hydrogen-bond donors (Lipinski definition) is 0. The van der Waals surface area contributed by atoms with Crippen LogP contribution in [0.25, 0.3) is 11.4 Å². The van der Waals surface area contributed by atoms with Gasteiger partial charge >= 0.3 is 6.18 Å². The van der Waals surface area contributed by atoms with Crippen molar-refractivity contribution in [3.8, 4) is 11.4 Å². The quantitative estimate of drug-likeness (QED) is 0.657. The van der Waals surface area contributed by atoms with Gasteiger partial charge in [-0.25, -0.2) is 14.6 Å². The van der Waals surface area contributed by atoms with E-state index in [0.29, 0.717) is 10.7 Å². The van der Waals surface area contributed by atoms with E-state index < -0.39 is 11.9 Å². The highest BCUT2D eigenvalue weighted by Crippen LogP contribution is 2.38. The first kappa shape index (κ1) is 15.9. The number of alkyl halides is 3.